The minimum Gasteiger partial charge on any atom is -0.352 e. The predicted octanol–water partition coefficient (Wildman–Crippen LogP) is 3.70. The lowest BCUT2D eigenvalue weighted by Crippen LogP contribution is -2.31. The molecule has 5 nitrogen and oxygen atoms in total. The van der Waals surface area contributed by atoms with Crippen molar-refractivity contribution in [2.24, 2.45) is 0 Å². The van der Waals surface area contributed by atoms with Gasteiger partial charge in [0.25, 0.3) is 0 Å². The van der Waals surface area contributed by atoms with Crippen LogP contribution in [0.5, 0.6) is 0 Å². The monoisotopic (exact) mass is 344 g/mol. The molecule has 0 saturated carbocycles. The van der Waals surface area contributed by atoms with Crippen LogP contribution in [0.4, 0.5) is 0 Å². The van der Waals surface area contributed by atoms with Gasteiger partial charge >= 0.3 is 0 Å². The van der Waals surface area contributed by atoms with E-state index in [1.165, 1.54) is 11.8 Å². The highest BCUT2D eigenvalue weighted by Gasteiger charge is 2.22. The van der Waals surface area contributed by atoms with E-state index in [0.29, 0.717) is 6.54 Å². The molecule has 0 aliphatic carbocycles. The molecule has 1 N–H and O–H groups in total. The number of nitrogens with zero attached hydrogens (tertiary/aromatic N) is 3. The Labute approximate surface area is 147 Å². The lowest BCUT2D eigenvalue weighted by atomic mass is 10.2. The number of carbonyl (C=O) groups excluding carboxylic acids is 1. The van der Waals surface area contributed by atoms with Crippen molar-refractivity contribution < 1.29 is 4.79 Å². The molecule has 0 aliphatic heterocycles. The van der Waals surface area contributed by atoms with Crippen molar-refractivity contribution in [2.75, 3.05) is 6.54 Å². The number of benzene rings is 1. The first kappa shape index (κ1) is 18.3. The fourth-order valence-electron chi connectivity index (χ4n) is 2.25. The molecule has 0 saturated heterocycles. The summed E-state index contributed by atoms with van der Waals surface area (Å²) < 4.78 is 2.12. The Kier molecular flexibility index (Phi) is 6.61. The maximum atomic E-state index is 12.1. The number of rotatable bonds is 8. The lowest BCUT2D eigenvalue weighted by molar-refractivity contribution is -0.120. The van der Waals surface area contributed by atoms with Crippen LogP contribution >= 0.6 is 11.8 Å². The quantitative estimate of drug-likeness (QED) is 0.586. The largest absolute Gasteiger partial charge is 0.352 e. The summed E-state index contributed by atoms with van der Waals surface area (Å²) in [5, 5.41) is 12.1. The van der Waals surface area contributed by atoms with Crippen LogP contribution in [0, 0.1) is 0 Å². The number of aromatic nitrogens is 3. The number of thioether (sulfide) groups is 1. The van der Waals surface area contributed by atoms with Gasteiger partial charge in [0.1, 0.15) is 0 Å². The van der Waals surface area contributed by atoms with E-state index < -0.39 is 0 Å². The zero-order chi connectivity index (χ0) is 17.5. The van der Waals surface area contributed by atoms with Crippen molar-refractivity contribution in [1.82, 2.24) is 20.1 Å². The van der Waals surface area contributed by atoms with Crippen LogP contribution in [0.2, 0.25) is 0 Å². The van der Waals surface area contributed by atoms with Gasteiger partial charge < -0.3 is 5.32 Å². The minimum atomic E-state index is -0.249. The number of nitrogens with one attached hydrogen (secondary N) is 1. The Morgan fingerprint density at radius 3 is 2.67 bits per heavy atom. The van der Waals surface area contributed by atoms with E-state index in [-0.39, 0.29) is 17.2 Å². The van der Waals surface area contributed by atoms with Crippen LogP contribution in [0.3, 0.4) is 0 Å². The Bertz CT molecular complexity index is 684. The number of carbonyl (C=O) groups is 1. The summed E-state index contributed by atoms with van der Waals surface area (Å²) in [5.74, 6) is 0.811. The fraction of sp³-hybridized carbons (Fsp3) is 0.389. The fourth-order valence-corrected chi connectivity index (χ4v) is 3.22. The molecule has 1 aromatic carbocycles. The molecular formula is C18H24N4OS. The molecule has 1 aromatic heterocycles. The van der Waals surface area contributed by atoms with E-state index >= 15 is 0 Å². The highest BCUT2D eigenvalue weighted by atomic mass is 32.2. The number of hydrogen-bond acceptors (Lipinski definition) is 4. The maximum Gasteiger partial charge on any atom is 0.233 e. The highest BCUT2D eigenvalue weighted by molar-refractivity contribution is 8.00. The Balaban J connectivity index is 2.29. The summed E-state index contributed by atoms with van der Waals surface area (Å²) in [7, 11) is 0. The molecule has 1 amide bonds. The first-order valence-corrected chi connectivity index (χ1v) is 9.02. The van der Waals surface area contributed by atoms with Gasteiger partial charge in [0.05, 0.1) is 5.25 Å². The van der Waals surface area contributed by atoms with Crippen molar-refractivity contribution in [3.63, 3.8) is 0 Å². The van der Waals surface area contributed by atoms with E-state index in [9.17, 15) is 4.79 Å². The Morgan fingerprint density at radius 2 is 2.04 bits per heavy atom. The van der Waals surface area contributed by atoms with Gasteiger partial charge in [0.2, 0.25) is 5.91 Å². The van der Waals surface area contributed by atoms with E-state index in [4.69, 9.17) is 0 Å². The van der Waals surface area contributed by atoms with Gasteiger partial charge in [0.15, 0.2) is 11.0 Å². The molecule has 24 heavy (non-hydrogen) atoms. The van der Waals surface area contributed by atoms with Crippen LogP contribution in [0.15, 0.2) is 48.1 Å². The van der Waals surface area contributed by atoms with Gasteiger partial charge in [-0.05, 0) is 20.3 Å². The van der Waals surface area contributed by atoms with E-state index in [1.807, 2.05) is 37.3 Å². The zero-order valence-corrected chi connectivity index (χ0v) is 15.2. The smallest absolute Gasteiger partial charge is 0.233 e. The highest BCUT2D eigenvalue weighted by Crippen LogP contribution is 2.30. The number of hydrogen-bond donors (Lipinski definition) is 1. The molecule has 0 bridgehead atoms. The average molecular weight is 344 g/mol. The summed E-state index contributed by atoms with van der Waals surface area (Å²) >= 11 is 1.43. The number of amides is 1. The predicted molar refractivity (Wildman–Crippen MR) is 99.0 cm³/mol. The molecule has 0 radical (unpaired) electrons. The van der Waals surface area contributed by atoms with E-state index in [0.717, 1.165) is 23.0 Å². The summed E-state index contributed by atoms with van der Waals surface area (Å²) in [6.45, 7) is 10.2. The average Bonchev–Trinajstić information content (AvgIpc) is 3.03. The second-order valence-electron chi connectivity index (χ2n) is 5.59. The molecule has 0 aliphatic rings. The molecule has 6 heteroatoms. The summed E-state index contributed by atoms with van der Waals surface area (Å²) in [6, 6.07) is 10.3. The molecule has 2 atom stereocenters. The van der Waals surface area contributed by atoms with E-state index in [2.05, 4.69) is 40.5 Å². The van der Waals surface area contributed by atoms with Crippen LogP contribution < -0.4 is 5.32 Å². The second kappa shape index (κ2) is 8.68. The van der Waals surface area contributed by atoms with Gasteiger partial charge in [-0.2, -0.15) is 0 Å². The molecule has 128 valence electrons. The first-order chi connectivity index (χ1) is 11.6. The lowest BCUT2D eigenvalue weighted by Gasteiger charge is -2.18. The first-order valence-electron chi connectivity index (χ1n) is 8.14. The molecule has 0 spiro atoms. The summed E-state index contributed by atoms with van der Waals surface area (Å²) in [6.07, 6.45) is 2.63. The van der Waals surface area contributed by atoms with Crippen LogP contribution in [0.25, 0.3) is 11.4 Å². The van der Waals surface area contributed by atoms with Gasteiger partial charge in [0, 0.05) is 18.2 Å². The normalized spacial score (nSPS) is 13.3. The van der Waals surface area contributed by atoms with Crippen LogP contribution in [0.1, 0.15) is 33.2 Å². The molecule has 2 rings (SSSR count). The summed E-state index contributed by atoms with van der Waals surface area (Å²) in [4.78, 5) is 12.1. The third kappa shape index (κ3) is 4.26. The van der Waals surface area contributed by atoms with Gasteiger partial charge in [-0.1, -0.05) is 55.1 Å². The van der Waals surface area contributed by atoms with Crippen LogP contribution in [-0.4, -0.2) is 32.5 Å². The Hall–Kier alpha value is -2.08. The van der Waals surface area contributed by atoms with Crippen molar-refractivity contribution in [3.8, 4) is 11.4 Å². The third-order valence-corrected chi connectivity index (χ3v) is 4.86. The third-order valence-electron chi connectivity index (χ3n) is 3.80. The Morgan fingerprint density at radius 1 is 1.33 bits per heavy atom. The van der Waals surface area contributed by atoms with Gasteiger partial charge in [-0.25, -0.2) is 0 Å². The van der Waals surface area contributed by atoms with Crippen molar-refractivity contribution >= 4 is 17.7 Å². The van der Waals surface area contributed by atoms with Crippen molar-refractivity contribution in [3.05, 3.63) is 43.0 Å². The summed E-state index contributed by atoms with van der Waals surface area (Å²) in [5.41, 5.74) is 1.03. The molecule has 1 heterocycles. The SMILES string of the molecule is C=CCNC(=O)[C@H](C)Sc1nnc(-c2ccccc2)n1[C@@H](C)CC. The molecule has 0 fully saturated rings. The van der Waals surface area contributed by atoms with Gasteiger partial charge in [-0.3, -0.25) is 9.36 Å². The zero-order valence-electron chi connectivity index (χ0n) is 14.4. The van der Waals surface area contributed by atoms with Crippen LogP contribution in [-0.2, 0) is 4.79 Å². The maximum absolute atomic E-state index is 12.1. The minimum absolute atomic E-state index is 0.0279. The molecule has 0 unspecified atom stereocenters. The second-order valence-corrected chi connectivity index (χ2v) is 6.90. The molecule has 2 aromatic rings. The van der Waals surface area contributed by atoms with Crippen molar-refractivity contribution in [2.45, 2.75) is 43.6 Å². The van der Waals surface area contributed by atoms with E-state index in [1.54, 1.807) is 6.08 Å². The standard InChI is InChI=1S/C18H24N4OS/c1-5-12-19-17(23)14(4)24-18-21-20-16(22(18)13(3)6-2)15-10-8-7-9-11-15/h5,7-11,13-14H,1,6,12H2,2-4H3,(H,19,23)/t13-,14-/m0/s1. The van der Waals surface area contributed by atoms with Gasteiger partial charge in [-0.15, -0.1) is 16.8 Å². The topological polar surface area (TPSA) is 59.8 Å². The van der Waals surface area contributed by atoms with Crippen molar-refractivity contribution in [1.29, 1.82) is 0 Å². The molecular weight excluding hydrogens is 320 g/mol.